The normalized spacial score (nSPS) is 22.9. The average Bonchev–Trinajstić information content (AvgIpc) is 3.17. The molecule has 1 N–H and O–H groups in total. The zero-order valence-electron chi connectivity index (χ0n) is 11.9. The maximum Gasteiger partial charge on any atom is 0.251 e. The molecule has 1 aromatic rings. The van der Waals surface area contributed by atoms with Gasteiger partial charge in [0, 0.05) is 6.04 Å². The van der Waals surface area contributed by atoms with E-state index in [1.165, 1.54) is 10.5 Å². The summed E-state index contributed by atoms with van der Waals surface area (Å²) in [5, 5.41) is 3.25. The number of benzene rings is 1. The van der Waals surface area contributed by atoms with Crippen molar-refractivity contribution >= 4 is 17.5 Å². The molecule has 4 heteroatoms. The zero-order chi connectivity index (χ0) is 14.3. The second-order valence-electron chi connectivity index (χ2n) is 6.01. The van der Waals surface area contributed by atoms with E-state index in [0.717, 1.165) is 12.8 Å². The van der Waals surface area contributed by atoms with Gasteiger partial charge >= 0.3 is 0 Å². The lowest BCUT2D eigenvalue weighted by Crippen LogP contribution is -2.39. The van der Waals surface area contributed by atoms with Crippen LogP contribution in [0.1, 0.15) is 44.6 Å². The van der Waals surface area contributed by atoms with E-state index in [0.29, 0.717) is 17.6 Å². The largest absolute Gasteiger partial charge is 0.303 e. The quantitative estimate of drug-likeness (QED) is 0.855. The molecule has 0 aromatic heterocycles. The molecule has 106 valence electrons. The smallest absolute Gasteiger partial charge is 0.251 e. The number of nitrogens with zero attached hydrogens (tertiary/aromatic N) is 1. The molecule has 1 aliphatic carbocycles. The van der Waals surface area contributed by atoms with Crippen molar-refractivity contribution in [2.24, 2.45) is 0 Å². The van der Waals surface area contributed by atoms with Gasteiger partial charge in [-0.05, 0) is 36.5 Å². The molecule has 2 fully saturated rings. The van der Waals surface area contributed by atoms with Gasteiger partial charge in [-0.1, -0.05) is 26.0 Å². The van der Waals surface area contributed by atoms with E-state index >= 15 is 0 Å². The van der Waals surface area contributed by atoms with Gasteiger partial charge in [-0.3, -0.25) is 9.59 Å². The molecule has 0 radical (unpaired) electrons. The highest BCUT2D eigenvalue weighted by molar-refractivity contribution is 6.22. The number of rotatable bonds is 4. The minimum atomic E-state index is -0.334. The first-order valence-electron chi connectivity index (χ1n) is 7.29. The molecule has 1 heterocycles. The summed E-state index contributed by atoms with van der Waals surface area (Å²) < 4.78 is 0. The van der Waals surface area contributed by atoms with Crippen LogP contribution < -0.4 is 10.2 Å². The first-order valence-corrected chi connectivity index (χ1v) is 7.29. The summed E-state index contributed by atoms with van der Waals surface area (Å²) in [5.41, 5.74) is 1.89. The molecule has 2 aliphatic rings. The molecule has 1 unspecified atom stereocenters. The summed E-state index contributed by atoms with van der Waals surface area (Å²) in [7, 11) is 0. The fourth-order valence-electron chi connectivity index (χ4n) is 2.58. The maximum absolute atomic E-state index is 12.3. The predicted octanol–water partition coefficient (Wildman–Crippen LogP) is 2.19. The SMILES string of the molecule is CC(C)c1ccc(N2C(=O)CC(NC3CC3)C2=O)cc1. The molecule has 1 saturated carbocycles. The third-order valence-corrected chi connectivity index (χ3v) is 3.98. The van der Waals surface area contributed by atoms with Gasteiger partial charge < -0.3 is 5.32 Å². The van der Waals surface area contributed by atoms with Crippen molar-refractivity contribution in [1.82, 2.24) is 5.32 Å². The Morgan fingerprint density at radius 1 is 1.15 bits per heavy atom. The van der Waals surface area contributed by atoms with Crippen LogP contribution in [-0.2, 0) is 9.59 Å². The third-order valence-electron chi connectivity index (χ3n) is 3.98. The van der Waals surface area contributed by atoms with E-state index in [1.807, 2.05) is 24.3 Å². The Morgan fingerprint density at radius 3 is 2.35 bits per heavy atom. The van der Waals surface area contributed by atoms with Crippen LogP contribution in [0.3, 0.4) is 0 Å². The van der Waals surface area contributed by atoms with Gasteiger partial charge in [-0.25, -0.2) is 4.90 Å². The van der Waals surface area contributed by atoms with E-state index in [9.17, 15) is 9.59 Å². The highest BCUT2D eigenvalue weighted by Gasteiger charge is 2.41. The van der Waals surface area contributed by atoms with E-state index in [2.05, 4.69) is 19.2 Å². The fraction of sp³-hybridized carbons (Fsp3) is 0.500. The second-order valence-corrected chi connectivity index (χ2v) is 6.01. The number of amides is 2. The van der Waals surface area contributed by atoms with E-state index in [1.54, 1.807) is 0 Å². The lowest BCUT2D eigenvalue weighted by molar-refractivity contribution is -0.121. The monoisotopic (exact) mass is 272 g/mol. The highest BCUT2D eigenvalue weighted by Crippen LogP contribution is 2.27. The van der Waals surface area contributed by atoms with Crippen molar-refractivity contribution in [3.63, 3.8) is 0 Å². The number of imide groups is 1. The van der Waals surface area contributed by atoms with Crippen molar-refractivity contribution in [2.45, 2.75) is 51.1 Å². The summed E-state index contributed by atoms with van der Waals surface area (Å²) in [6, 6.07) is 7.81. The third kappa shape index (κ3) is 2.48. The molecule has 4 nitrogen and oxygen atoms in total. The van der Waals surface area contributed by atoms with Crippen LogP contribution >= 0.6 is 0 Å². The first kappa shape index (κ1) is 13.3. The van der Waals surface area contributed by atoms with E-state index in [-0.39, 0.29) is 24.3 Å². The van der Waals surface area contributed by atoms with Gasteiger partial charge in [0.2, 0.25) is 5.91 Å². The summed E-state index contributed by atoms with van der Waals surface area (Å²) >= 11 is 0. The van der Waals surface area contributed by atoms with E-state index < -0.39 is 0 Å². The molecule has 1 saturated heterocycles. The average molecular weight is 272 g/mol. The van der Waals surface area contributed by atoms with Gasteiger partial charge in [-0.15, -0.1) is 0 Å². The van der Waals surface area contributed by atoms with Gasteiger partial charge in [0.05, 0.1) is 18.2 Å². The van der Waals surface area contributed by atoms with Crippen molar-refractivity contribution < 1.29 is 9.59 Å². The van der Waals surface area contributed by atoms with Crippen molar-refractivity contribution in [2.75, 3.05) is 4.90 Å². The van der Waals surface area contributed by atoms with Crippen LogP contribution in [0, 0.1) is 0 Å². The molecule has 1 atom stereocenters. The number of anilines is 1. The molecule has 0 spiro atoms. The molecule has 20 heavy (non-hydrogen) atoms. The Hall–Kier alpha value is -1.68. The van der Waals surface area contributed by atoms with E-state index in [4.69, 9.17) is 0 Å². The topological polar surface area (TPSA) is 49.4 Å². The second kappa shape index (κ2) is 5.02. The van der Waals surface area contributed by atoms with Gasteiger partial charge in [0.15, 0.2) is 0 Å². The number of carbonyl (C=O) groups excluding carboxylic acids is 2. The summed E-state index contributed by atoms with van der Waals surface area (Å²) in [5.74, 6) is 0.225. The molecular formula is C16H20N2O2. The van der Waals surface area contributed by atoms with Gasteiger partial charge in [-0.2, -0.15) is 0 Å². The van der Waals surface area contributed by atoms with Crippen LogP contribution in [0.4, 0.5) is 5.69 Å². The number of hydrogen-bond donors (Lipinski definition) is 1. The standard InChI is InChI=1S/C16H20N2O2/c1-10(2)11-3-7-13(8-4-11)18-15(19)9-14(16(18)20)17-12-5-6-12/h3-4,7-8,10,12,14,17H,5-6,9H2,1-2H3. The van der Waals surface area contributed by atoms with Crippen LogP contribution in [-0.4, -0.2) is 23.9 Å². The van der Waals surface area contributed by atoms with Crippen LogP contribution in [0.2, 0.25) is 0 Å². The Kier molecular flexibility index (Phi) is 3.34. The molecule has 2 amide bonds. The lowest BCUT2D eigenvalue weighted by atomic mass is 10.0. The lowest BCUT2D eigenvalue weighted by Gasteiger charge is -2.16. The number of hydrogen-bond acceptors (Lipinski definition) is 3. The number of nitrogens with one attached hydrogen (secondary N) is 1. The molecule has 0 bridgehead atoms. The Labute approximate surface area is 119 Å². The highest BCUT2D eigenvalue weighted by atomic mass is 16.2. The summed E-state index contributed by atoms with van der Waals surface area (Å²) in [4.78, 5) is 25.7. The molecular weight excluding hydrogens is 252 g/mol. The minimum absolute atomic E-state index is 0.106. The van der Waals surface area contributed by atoms with Gasteiger partial charge in [0.1, 0.15) is 0 Å². The zero-order valence-corrected chi connectivity index (χ0v) is 11.9. The Bertz CT molecular complexity index is 532. The van der Waals surface area contributed by atoms with Crippen molar-refractivity contribution in [3.05, 3.63) is 29.8 Å². The molecule has 1 aliphatic heterocycles. The fourth-order valence-corrected chi connectivity index (χ4v) is 2.58. The Balaban J connectivity index is 1.78. The molecule has 3 rings (SSSR count). The van der Waals surface area contributed by atoms with Crippen LogP contribution in [0.15, 0.2) is 24.3 Å². The Morgan fingerprint density at radius 2 is 1.80 bits per heavy atom. The summed E-state index contributed by atoms with van der Waals surface area (Å²) in [6.45, 7) is 4.24. The van der Waals surface area contributed by atoms with Crippen LogP contribution in [0.25, 0.3) is 0 Å². The van der Waals surface area contributed by atoms with Gasteiger partial charge in [0.25, 0.3) is 5.91 Å². The maximum atomic E-state index is 12.3. The van der Waals surface area contributed by atoms with Crippen LogP contribution in [0.5, 0.6) is 0 Å². The first-order chi connectivity index (χ1) is 9.56. The predicted molar refractivity (Wildman–Crippen MR) is 77.6 cm³/mol. The van der Waals surface area contributed by atoms with Crippen molar-refractivity contribution in [1.29, 1.82) is 0 Å². The van der Waals surface area contributed by atoms with Crippen molar-refractivity contribution in [3.8, 4) is 0 Å². The number of carbonyl (C=O) groups is 2. The summed E-state index contributed by atoms with van der Waals surface area (Å²) in [6.07, 6.45) is 2.50. The minimum Gasteiger partial charge on any atom is -0.303 e. The molecule has 1 aromatic carbocycles.